The molecule has 0 aliphatic carbocycles. The minimum atomic E-state index is -0.105. The van der Waals surface area contributed by atoms with Crippen molar-refractivity contribution in [2.24, 2.45) is 5.73 Å². The molecule has 0 fully saturated rings. The fraction of sp³-hybridized carbons (Fsp3) is 0.333. The van der Waals surface area contributed by atoms with Gasteiger partial charge in [0.05, 0.1) is 12.8 Å². The number of ether oxygens (including phenoxy) is 1. The zero-order valence-electron chi connectivity index (χ0n) is 11.8. The number of hydrogen-bond donors (Lipinski definition) is 1. The maximum absolute atomic E-state index is 12.1. The van der Waals surface area contributed by atoms with E-state index in [1.165, 1.54) is 4.68 Å². The van der Waals surface area contributed by atoms with E-state index in [1.54, 1.807) is 13.2 Å². The van der Waals surface area contributed by atoms with E-state index in [2.05, 4.69) is 5.10 Å². The second-order valence-electron chi connectivity index (χ2n) is 4.52. The van der Waals surface area contributed by atoms with Crippen molar-refractivity contribution in [3.05, 3.63) is 46.2 Å². The molecule has 2 aromatic rings. The maximum atomic E-state index is 12.1. The summed E-state index contributed by atoms with van der Waals surface area (Å²) in [5.74, 6) is 0.787. The quantitative estimate of drug-likeness (QED) is 0.901. The average molecular weight is 273 g/mol. The van der Waals surface area contributed by atoms with Crippen LogP contribution in [0.15, 0.2) is 35.1 Å². The molecule has 0 atom stereocenters. The van der Waals surface area contributed by atoms with Gasteiger partial charge in [-0.3, -0.25) is 4.79 Å². The fourth-order valence-corrected chi connectivity index (χ4v) is 2.01. The summed E-state index contributed by atoms with van der Waals surface area (Å²) in [6.07, 6.45) is 0.850. The van der Waals surface area contributed by atoms with Crippen molar-refractivity contribution >= 4 is 0 Å². The molecule has 0 saturated carbocycles. The number of aromatic nitrogens is 2. The summed E-state index contributed by atoms with van der Waals surface area (Å²) in [4.78, 5) is 12.1. The molecule has 20 heavy (non-hydrogen) atoms. The second-order valence-corrected chi connectivity index (χ2v) is 4.52. The first-order chi connectivity index (χ1) is 9.69. The molecule has 0 radical (unpaired) electrons. The van der Waals surface area contributed by atoms with Gasteiger partial charge in [-0.25, -0.2) is 4.68 Å². The van der Waals surface area contributed by atoms with Gasteiger partial charge in [0, 0.05) is 24.2 Å². The topological polar surface area (TPSA) is 70.1 Å². The van der Waals surface area contributed by atoms with Crippen LogP contribution in [0.1, 0.15) is 18.9 Å². The molecule has 1 aromatic carbocycles. The maximum Gasteiger partial charge on any atom is 0.271 e. The summed E-state index contributed by atoms with van der Waals surface area (Å²) in [7, 11) is 1.63. The third kappa shape index (κ3) is 2.88. The van der Waals surface area contributed by atoms with Crippen LogP contribution >= 0.6 is 0 Å². The van der Waals surface area contributed by atoms with E-state index in [1.807, 2.05) is 31.2 Å². The Hall–Kier alpha value is -2.14. The van der Waals surface area contributed by atoms with Crippen molar-refractivity contribution in [3.63, 3.8) is 0 Å². The van der Waals surface area contributed by atoms with Gasteiger partial charge < -0.3 is 10.5 Å². The van der Waals surface area contributed by atoms with Crippen molar-refractivity contribution in [2.75, 3.05) is 7.11 Å². The van der Waals surface area contributed by atoms with Crippen molar-refractivity contribution in [1.29, 1.82) is 0 Å². The Balaban J connectivity index is 2.49. The Kier molecular flexibility index (Phi) is 4.53. The van der Waals surface area contributed by atoms with Gasteiger partial charge in [-0.1, -0.05) is 6.92 Å². The van der Waals surface area contributed by atoms with Gasteiger partial charge in [0.1, 0.15) is 5.75 Å². The molecule has 0 aliphatic heterocycles. The molecule has 0 aliphatic rings. The summed E-state index contributed by atoms with van der Waals surface area (Å²) in [5, 5.41) is 4.40. The number of benzene rings is 1. The smallest absolute Gasteiger partial charge is 0.271 e. The Morgan fingerprint density at radius 3 is 2.55 bits per heavy atom. The van der Waals surface area contributed by atoms with Crippen LogP contribution in [0.2, 0.25) is 0 Å². The van der Waals surface area contributed by atoms with Gasteiger partial charge in [0.15, 0.2) is 0 Å². The monoisotopic (exact) mass is 273 g/mol. The number of hydrogen-bond acceptors (Lipinski definition) is 4. The highest BCUT2D eigenvalue weighted by molar-refractivity contribution is 5.60. The average Bonchev–Trinajstić information content (AvgIpc) is 2.49. The molecule has 5 heteroatoms. The second kappa shape index (κ2) is 6.34. The lowest BCUT2D eigenvalue weighted by Crippen LogP contribution is -2.28. The lowest BCUT2D eigenvalue weighted by molar-refractivity contribution is 0.415. The van der Waals surface area contributed by atoms with Crippen LogP contribution in [0.3, 0.4) is 0 Å². The molecule has 2 N–H and O–H groups in total. The summed E-state index contributed by atoms with van der Waals surface area (Å²) >= 11 is 0. The largest absolute Gasteiger partial charge is 0.497 e. The van der Waals surface area contributed by atoms with Crippen molar-refractivity contribution in [2.45, 2.75) is 26.4 Å². The van der Waals surface area contributed by atoms with Gasteiger partial charge in [0.2, 0.25) is 0 Å². The van der Waals surface area contributed by atoms with E-state index in [-0.39, 0.29) is 12.1 Å². The summed E-state index contributed by atoms with van der Waals surface area (Å²) in [5.41, 5.74) is 7.81. The van der Waals surface area contributed by atoms with Gasteiger partial charge in [-0.2, -0.15) is 5.10 Å². The zero-order valence-corrected chi connectivity index (χ0v) is 11.8. The Morgan fingerprint density at radius 2 is 2.00 bits per heavy atom. The third-order valence-electron chi connectivity index (χ3n) is 3.09. The molecule has 0 saturated heterocycles. The van der Waals surface area contributed by atoms with Crippen molar-refractivity contribution in [1.82, 2.24) is 9.78 Å². The lowest BCUT2D eigenvalue weighted by atomic mass is 10.1. The number of rotatable bonds is 5. The predicted molar refractivity (Wildman–Crippen MR) is 78.7 cm³/mol. The van der Waals surface area contributed by atoms with Crippen LogP contribution in [0.4, 0.5) is 0 Å². The zero-order chi connectivity index (χ0) is 14.5. The minimum absolute atomic E-state index is 0.105. The van der Waals surface area contributed by atoms with Crippen molar-refractivity contribution < 1.29 is 4.74 Å². The summed E-state index contributed by atoms with van der Waals surface area (Å²) in [6, 6.07) is 9.34. The van der Waals surface area contributed by atoms with Crippen LogP contribution in [0.25, 0.3) is 11.3 Å². The van der Waals surface area contributed by atoms with E-state index in [9.17, 15) is 4.79 Å². The van der Waals surface area contributed by atoms with E-state index in [0.717, 1.165) is 23.4 Å². The van der Waals surface area contributed by atoms with Crippen LogP contribution in [0, 0.1) is 0 Å². The first kappa shape index (κ1) is 14.3. The Labute approximate surface area is 118 Å². The van der Waals surface area contributed by atoms with Gasteiger partial charge in [-0.05, 0) is 36.8 Å². The molecule has 1 aromatic heterocycles. The molecular formula is C15H19N3O2. The highest BCUT2D eigenvalue weighted by Gasteiger charge is 2.08. The van der Waals surface area contributed by atoms with Crippen LogP contribution in [-0.2, 0) is 13.1 Å². The SMILES string of the molecule is CCCn1nc(-c2ccc(OC)cc2)cc(CN)c1=O. The summed E-state index contributed by atoms with van der Waals surface area (Å²) in [6.45, 7) is 2.82. The first-order valence-electron chi connectivity index (χ1n) is 6.65. The number of methoxy groups -OCH3 is 1. The lowest BCUT2D eigenvalue weighted by Gasteiger charge is -2.09. The van der Waals surface area contributed by atoms with Crippen LogP contribution in [-0.4, -0.2) is 16.9 Å². The minimum Gasteiger partial charge on any atom is -0.497 e. The number of nitrogens with zero attached hydrogens (tertiary/aromatic N) is 2. The Bertz CT molecular complexity index is 633. The number of nitrogens with two attached hydrogens (primary N) is 1. The molecule has 0 spiro atoms. The highest BCUT2D eigenvalue weighted by atomic mass is 16.5. The molecule has 0 bridgehead atoms. The molecule has 5 nitrogen and oxygen atoms in total. The van der Waals surface area contributed by atoms with E-state index in [0.29, 0.717) is 12.1 Å². The van der Waals surface area contributed by atoms with E-state index >= 15 is 0 Å². The fourth-order valence-electron chi connectivity index (χ4n) is 2.01. The highest BCUT2D eigenvalue weighted by Crippen LogP contribution is 2.20. The Morgan fingerprint density at radius 1 is 1.30 bits per heavy atom. The van der Waals surface area contributed by atoms with Gasteiger partial charge >= 0.3 is 0 Å². The van der Waals surface area contributed by atoms with E-state index < -0.39 is 0 Å². The number of aryl methyl sites for hydroxylation is 1. The summed E-state index contributed by atoms with van der Waals surface area (Å²) < 4.78 is 6.62. The standard InChI is InChI=1S/C15H19N3O2/c1-3-8-18-15(19)12(10-16)9-14(17-18)11-4-6-13(20-2)7-5-11/h4-7,9H,3,8,10,16H2,1-2H3. The van der Waals surface area contributed by atoms with Crippen LogP contribution in [0.5, 0.6) is 5.75 Å². The third-order valence-corrected chi connectivity index (χ3v) is 3.09. The normalized spacial score (nSPS) is 10.6. The first-order valence-corrected chi connectivity index (χ1v) is 6.65. The molecule has 2 rings (SSSR count). The predicted octanol–water partition coefficient (Wildman–Crippen LogP) is 1.79. The molecular weight excluding hydrogens is 254 g/mol. The van der Waals surface area contributed by atoms with Gasteiger partial charge in [-0.15, -0.1) is 0 Å². The van der Waals surface area contributed by atoms with Crippen LogP contribution < -0.4 is 16.0 Å². The van der Waals surface area contributed by atoms with E-state index in [4.69, 9.17) is 10.5 Å². The van der Waals surface area contributed by atoms with Gasteiger partial charge in [0.25, 0.3) is 5.56 Å². The molecule has 1 heterocycles. The molecule has 0 amide bonds. The molecule has 106 valence electrons. The molecule has 0 unspecified atom stereocenters. The van der Waals surface area contributed by atoms with Crippen molar-refractivity contribution in [3.8, 4) is 17.0 Å².